The van der Waals surface area contributed by atoms with E-state index in [-0.39, 0.29) is 16.9 Å². The summed E-state index contributed by atoms with van der Waals surface area (Å²) in [6, 6.07) is 0.171. The summed E-state index contributed by atoms with van der Waals surface area (Å²) in [5.74, 6) is 0. The summed E-state index contributed by atoms with van der Waals surface area (Å²) in [5.41, 5.74) is 0. The molecular weight excluding hydrogens is 222 g/mol. The van der Waals surface area contributed by atoms with Gasteiger partial charge in [-0.3, -0.25) is 0 Å². The zero-order chi connectivity index (χ0) is 12.2. The van der Waals surface area contributed by atoms with Gasteiger partial charge in [0.1, 0.15) is 10.9 Å². The van der Waals surface area contributed by atoms with Crippen LogP contribution in [-0.2, 0) is 16.1 Å². The van der Waals surface area contributed by atoms with E-state index < -0.39 is 11.4 Å². The normalized spacial score (nSPS) is 24.9. The van der Waals surface area contributed by atoms with Gasteiger partial charge >= 0.3 is 0 Å². The molecule has 0 spiro atoms. The van der Waals surface area contributed by atoms with E-state index >= 15 is 0 Å². The smallest absolute Gasteiger partial charge is 0.136 e. The van der Waals surface area contributed by atoms with Gasteiger partial charge in [0, 0.05) is 11.4 Å². The molecule has 0 amide bonds. The van der Waals surface area contributed by atoms with Gasteiger partial charge in [-0.05, 0) is 46.1 Å². The summed E-state index contributed by atoms with van der Waals surface area (Å²) in [5, 5.41) is 0. The Morgan fingerprint density at radius 2 is 2.25 bits per heavy atom. The van der Waals surface area contributed by atoms with Crippen LogP contribution in [0.1, 0.15) is 47.0 Å². The van der Waals surface area contributed by atoms with Gasteiger partial charge in [0.05, 0.1) is 12.3 Å². The standard InChI is InChI=1S/C12H23NO2S/c1-5-10(11-8-6-7-9-15-11)13-16(14)12(2,3)4/h7,9-11,13H,5-6,8H2,1-4H3/t10-,11+,16?/m1/s1. The van der Waals surface area contributed by atoms with Crippen molar-refractivity contribution in [2.75, 3.05) is 0 Å². The SMILES string of the molecule is CC[C@@H](N[S+]([O-])C(C)(C)C)[C@@H]1CCC=CO1. The molecule has 3 atom stereocenters. The molecule has 0 saturated heterocycles. The second kappa shape index (κ2) is 5.94. The Labute approximate surface area is 102 Å². The number of rotatable bonds is 4. The molecule has 4 heteroatoms. The molecular formula is C12H23NO2S. The highest BCUT2D eigenvalue weighted by atomic mass is 32.2. The van der Waals surface area contributed by atoms with Crippen LogP contribution in [0.2, 0.25) is 0 Å². The zero-order valence-corrected chi connectivity index (χ0v) is 11.5. The van der Waals surface area contributed by atoms with E-state index in [0.29, 0.717) is 0 Å². The number of hydrogen-bond donors (Lipinski definition) is 1. The first-order valence-corrected chi connectivity index (χ1v) is 7.08. The second-order valence-electron chi connectivity index (χ2n) is 5.14. The topological polar surface area (TPSA) is 44.3 Å². The van der Waals surface area contributed by atoms with Crippen LogP contribution in [0.3, 0.4) is 0 Å². The summed E-state index contributed by atoms with van der Waals surface area (Å²) < 4.78 is 20.5. The monoisotopic (exact) mass is 245 g/mol. The first kappa shape index (κ1) is 13.9. The minimum absolute atomic E-state index is 0.154. The highest BCUT2D eigenvalue weighted by Crippen LogP contribution is 2.20. The molecule has 0 fully saturated rings. The highest BCUT2D eigenvalue weighted by Gasteiger charge is 2.32. The predicted molar refractivity (Wildman–Crippen MR) is 68.4 cm³/mol. The van der Waals surface area contributed by atoms with E-state index in [1.807, 2.05) is 26.8 Å². The molecule has 0 saturated carbocycles. The van der Waals surface area contributed by atoms with Crippen molar-refractivity contribution in [2.24, 2.45) is 0 Å². The van der Waals surface area contributed by atoms with Crippen molar-refractivity contribution >= 4 is 11.4 Å². The maximum absolute atomic E-state index is 12.0. The molecule has 0 aliphatic carbocycles. The third-order valence-corrected chi connectivity index (χ3v) is 4.30. The molecule has 1 aliphatic heterocycles. The van der Waals surface area contributed by atoms with E-state index in [2.05, 4.69) is 11.6 Å². The summed E-state index contributed by atoms with van der Waals surface area (Å²) in [4.78, 5) is 0. The fraction of sp³-hybridized carbons (Fsp3) is 0.833. The number of hydrogen-bond acceptors (Lipinski definition) is 3. The summed E-state index contributed by atoms with van der Waals surface area (Å²) >= 11 is -1.02. The van der Waals surface area contributed by atoms with Crippen LogP contribution in [-0.4, -0.2) is 21.4 Å². The van der Waals surface area contributed by atoms with Gasteiger partial charge in [-0.15, -0.1) is 4.72 Å². The van der Waals surface area contributed by atoms with Crippen LogP contribution >= 0.6 is 0 Å². The number of nitrogens with one attached hydrogen (secondary N) is 1. The third kappa shape index (κ3) is 4.00. The van der Waals surface area contributed by atoms with Crippen LogP contribution < -0.4 is 4.72 Å². The van der Waals surface area contributed by atoms with E-state index in [9.17, 15) is 4.55 Å². The third-order valence-electron chi connectivity index (χ3n) is 2.67. The fourth-order valence-corrected chi connectivity index (χ4v) is 2.53. The second-order valence-corrected chi connectivity index (χ2v) is 7.14. The molecule has 1 N–H and O–H groups in total. The van der Waals surface area contributed by atoms with Crippen molar-refractivity contribution in [3.8, 4) is 0 Å². The van der Waals surface area contributed by atoms with Crippen LogP contribution in [0.4, 0.5) is 0 Å². The maximum Gasteiger partial charge on any atom is 0.136 e. The Kier molecular flexibility index (Phi) is 5.15. The Morgan fingerprint density at radius 3 is 2.69 bits per heavy atom. The molecule has 1 aliphatic rings. The van der Waals surface area contributed by atoms with Crippen molar-refractivity contribution in [1.29, 1.82) is 0 Å². The lowest BCUT2D eigenvalue weighted by molar-refractivity contribution is 0.0919. The molecule has 0 bridgehead atoms. The number of ether oxygens (including phenoxy) is 1. The molecule has 0 aromatic heterocycles. The van der Waals surface area contributed by atoms with E-state index in [0.717, 1.165) is 19.3 Å². The van der Waals surface area contributed by atoms with Gasteiger partial charge in [0.25, 0.3) is 0 Å². The van der Waals surface area contributed by atoms with E-state index in [1.54, 1.807) is 6.26 Å². The largest absolute Gasteiger partial charge is 0.598 e. The van der Waals surface area contributed by atoms with Crippen molar-refractivity contribution in [1.82, 2.24) is 4.72 Å². The van der Waals surface area contributed by atoms with Crippen LogP contribution in [0.5, 0.6) is 0 Å². The lowest BCUT2D eigenvalue weighted by Gasteiger charge is -2.32. The first-order valence-electron chi connectivity index (χ1n) is 5.93. The Bertz CT molecular complexity index is 238. The lowest BCUT2D eigenvalue weighted by Crippen LogP contribution is -2.49. The average Bonchev–Trinajstić information content (AvgIpc) is 2.25. The predicted octanol–water partition coefficient (Wildman–Crippen LogP) is 2.51. The van der Waals surface area contributed by atoms with Crippen molar-refractivity contribution in [3.63, 3.8) is 0 Å². The summed E-state index contributed by atoms with van der Waals surface area (Å²) in [6.45, 7) is 8.03. The molecule has 1 heterocycles. The maximum atomic E-state index is 12.0. The fourth-order valence-electron chi connectivity index (χ4n) is 1.59. The van der Waals surface area contributed by atoms with Gasteiger partial charge < -0.3 is 9.29 Å². The summed E-state index contributed by atoms with van der Waals surface area (Å²) in [7, 11) is 0. The van der Waals surface area contributed by atoms with Gasteiger partial charge in [0.2, 0.25) is 0 Å². The highest BCUT2D eigenvalue weighted by molar-refractivity contribution is 7.90. The van der Waals surface area contributed by atoms with Crippen LogP contribution in [0.25, 0.3) is 0 Å². The van der Waals surface area contributed by atoms with Gasteiger partial charge in [-0.2, -0.15) is 0 Å². The minimum Gasteiger partial charge on any atom is -0.598 e. The average molecular weight is 245 g/mol. The van der Waals surface area contributed by atoms with Gasteiger partial charge in [0.15, 0.2) is 0 Å². The minimum atomic E-state index is -1.02. The van der Waals surface area contributed by atoms with Gasteiger partial charge in [-0.1, -0.05) is 6.92 Å². The quantitative estimate of drug-likeness (QED) is 0.774. The molecule has 94 valence electrons. The molecule has 1 unspecified atom stereocenters. The summed E-state index contributed by atoms with van der Waals surface area (Å²) in [6.07, 6.45) is 6.93. The molecule has 0 aromatic carbocycles. The molecule has 0 aromatic rings. The Morgan fingerprint density at radius 1 is 1.56 bits per heavy atom. The van der Waals surface area contributed by atoms with Crippen molar-refractivity contribution in [3.05, 3.63) is 12.3 Å². The van der Waals surface area contributed by atoms with E-state index in [4.69, 9.17) is 4.74 Å². The van der Waals surface area contributed by atoms with Crippen LogP contribution in [0, 0.1) is 0 Å². The molecule has 3 nitrogen and oxygen atoms in total. The Balaban J connectivity index is 2.51. The lowest BCUT2D eigenvalue weighted by atomic mass is 10.0. The zero-order valence-electron chi connectivity index (χ0n) is 10.7. The van der Waals surface area contributed by atoms with Crippen molar-refractivity contribution < 1.29 is 9.29 Å². The Hall–Kier alpha value is -0.190. The van der Waals surface area contributed by atoms with Crippen molar-refractivity contribution in [2.45, 2.75) is 63.9 Å². The molecule has 0 radical (unpaired) electrons. The number of allylic oxidation sites excluding steroid dienone is 1. The first-order chi connectivity index (χ1) is 7.45. The van der Waals surface area contributed by atoms with E-state index in [1.165, 1.54) is 0 Å². The molecule has 16 heavy (non-hydrogen) atoms. The van der Waals surface area contributed by atoms with Crippen LogP contribution in [0.15, 0.2) is 12.3 Å². The molecule has 1 rings (SSSR count). The van der Waals surface area contributed by atoms with Gasteiger partial charge in [-0.25, -0.2) is 0 Å².